The number of carbonyl (C=O) groups is 3. The highest BCUT2D eigenvalue weighted by molar-refractivity contribution is 6.41. The van der Waals surface area contributed by atoms with Crippen molar-refractivity contribution in [1.82, 2.24) is 14.9 Å². The molecule has 1 aliphatic heterocycles. The minimum absolute atomic E-state index is 0.0667. The van der Waals surface area contributed by atoms with Crippen molar-refractivity contribution in [2.45, 2.75) is 6.92 Å². The van der Waals surface area contributed by atoms with Crippen LogP contribution in [0.2, 0.25) is 0 Å². The molecule has 0 atom stereocenters. The predicted octanol–water partition coefficient (Wildman–Crippen LogP) is 4.71. The first-order chi connectivity index (χ1) is 14.6. The Bertz CT molecular complexity index is 1460. The van der Waals surface area contributed by atoms with Gasteiger partial charge in [0.15, 0.2) is 0 Å². The van der Waals surface area contributed by atoms with E-state index >= 15 is 0 Å². The van der Waals surface area contributed by atoms with Crippen LogP contribution in [-0.2, 0) is 4.74 Å². The van der Waals surface area contributed by atoms with E-state index in [4.69, 9.17) is 4.74 Å². The molecule has 7 nitrogen and oxygen atoms in total. The topological polar surface area (TPSA) is 95.3 Å². The summed E-state index contributed by atoms with van der Waals surface area (Å²) in [4.78, 5) is 46.6. The lowest BCUT2D eigenvalue weighted by Gasteiger charge is -2.10. The van der Waals surface area contributed by atoms with Crippen LogP contribution in [0.15, 0.2) is 48.5 Å². The van der Waals surface area contributed by atoms with Crippen LogP contribution in [0.5, 0.6) is 0 Å². The van der Waals surface area contributed by atoms with Gasteiger partial charge < -0.3 is 14.7 Å². The molecule has 2 N–H and O–H groups in total. The number of nitrogens with one attached hydrogen (secondary N) is 2. The van der Waals surface area contributed by atoms with Gasteiger partial charge in [-0.25, -0.2) is 4.79 Å². The van der Waals surface area contributed by atoms with Crippen molar-refractivity contribution in [3.8, 4) is 0 Å². The number of aromatic nitrogens is 2. The second-order valence-electron chi connectivity index (χ2n) is 7.24. The van der Waals surface area contributed by atoms with Gasteiger partial charge >= 0.3 is 6.09 Å². The van der Waals surface area contributed by atoms with Gasteiger partial charge in [-0.15, -0.1) is 0 Å². The maximum atomic E-state index is 13.4. The summed E-state index contributed by atoms with van der Waals surface area (Å²) in [6, 6.07) is 15.2. The molecule has 6 rings (SSSR count). The molecule has 146 valence electrons. The third-order valence-corrected chi connectivity index (χ3v) is 5.70. The number of benzene rings is 3. The summed E-state index contributed by atoms with van der Waals surface area (Å²) in [6.07, 6.45) is -0.954. The van der Waals surface area contributed by atoms with Crippen molar-refractivity contribution in [1.29, 1.82) is 0 Å². The summed E-state index contributed by atoms with van der Waals surface area (Å²) in [5.74, 6) is -1.31. The Balaban J connectivity index is 1.85. The van der Waals surface area contributed by atoms with E-state index in [9.17, 15) is 14.4 Å². The number of rotatable bonds is 1. The summed E-state index contributed by atoms with van der Waals surface area (Å²) in [7, 11) is 0. The van der Waals surface area contributed by atoms with Gasteiger partial charge in [-0.3, -0.25) is 9.59 Å². The Labute approximate surface area is 169 Å². The van der Waals surface area contributed by atoms with Crippen molar-refractivity contribution >= 4 is 61.5 Å². The van der Waals surface area contributed by atoms with Crippen LogP contribution in [0.1, 0.15) is 27.6 Å². The van der Waals surface area contributed by atoms with Crippen molar-refractivity contribution in [3.05, 3.63) is 59.7 Å². The minimum Gasteiger partial charge on any atom is -0.449 e. The number of fused-ring (bicyclic) bond motifs is 10. The summed E-state index contributed by atoms with van der Waals surface area (Å²) in [5, 5.41) is 2.89. The highest BCUT2D eigenvalue weighted by Gasteiger charge is 2.45. The van der Waals surface area contributed by atoms with E-state index in [1.807, 2.05) is 48.5 Å². The van der Waals surface area contributed by atoms with E-state index in [-0.39, 0.29) is 17.7 Å². The van der Waals surface area contributed by atoms with Crippen LogP contribution in [0.4, 0.5) is 4.79 Å². The van der Waals surface area contributed by atoms with Crippen LogP contribution in [0.25, 0.3) is 43.6 Å². The average Bonchev–Trinajstić information content (AvgIpc) is 3.38. The number of carbonyl (C=O) groups excluding carboxylic acids is 3. The number of imide groups is 3. The number of ether oxygens (including phenoxy) is 1. The smallest absolute Gasteiger partial charge is 0.424 e. The molecular weight excluding hydrogens is 382 g/mol. The van der Waals surface area contributed by atoms with Gasteiger partial charge in [0.1, 0.15) is 0 Å². The Hall–Kier alpha value is -4.13. The summed E-state index contributed by atoms with van der Waals surface area (Å²) >= 11 is 0. The molecule has 3 amide bonds. The van der Waals surface area contributed by atoms with Gasteiger partial charge in [0.05, 0.1) is 28.8 Å². The monoisotopic (exact) mass is 397 g/mol. The van der Waals surface area contributed by atoms with Crippen LogP contribution < -0.4 is 0 Å². The molecule has 1 aliphatic rings. The third kappa shape index (κ3) is 1.91. The van der Waals surface area contributed by atoms with Gasteiger partial charge in [-0.2, -0.15) is 4.90 Å². The lowest BCUT2D eigenvalue weighted by molar-refractivity contribution is 0.0597. The quantitative estimate of drug-likeness (QED) is 0.401. The number of aromatic amines is 2. The summed E-state index contributed by atoms with van der Waals surface area (Å²) < 4.78 is 4.99. The van der Waals surface area contributed by atoms with Crippen molar-refractivity contribution in [2.75, 3.05) is 6.61 Å². The molecule has 0 aliphatic carbocycles. The molecule has 30 heavy (non-hydrogen) atoms. The maximum Gasteiger partial charge on any atom is 0.424 e. The maximum absolute atomic E-state index is 13.4. The number of hydrogen-bond donors (Lipinski definition) is 2. The van der Waals surface area contributed by atoms with E-state index in [1.165, 1.54) is 0 Å². The molecule has 3 heterocycles. The summed E-state index contributed by atoms with van der Waals surface area (Å²) in [5.41, 5.74) is 3.61. The molecule has 0 saturated carbocycles. The number of para-hydroxylation sites is 2. The molecule has 0 fully saturated rings. The van der Waals surface area contributed by atoms with Crippen molar-refractivity contribution < 1.29 is 19.1 Å². The lowest BCUT2D eigenvalue weighted by Crippen LogP contribution is -2.36. The lowest BCUT2D eigenvalue weighted by atomic mass is 9.97. The van der Waals surface area contributed by atoms with Crippen molar-refractivity contribution in [3.63, 3.8) is 0 Å². The zero-order valence-electron chi connectivity index (χ0n) is 15.9. The van der Waals surface area contributed by atoms with E-state index < -0.39 is 17.9 Å². The molecule has 3 aromatic carbocycles. The summed E-state index contributed by atoms with van der Waals surface area (Å²) in [6.45, 7) is 1.70. The molecule has 0 radical (unpaired) electrons. The Kier molecular flexibility index (Phi) is 3.19. The first-order valence-corrected chi connectivity index (χ1v) is 9.64. The first-order valence-electron chi connectivity index (χ1n) is 9.64. The number of nitrogens with zero attached hydrogens (tertiary/aromatic N) is 1. The molecule has 0 saturated heterocycles. The number of amides is 3. The third-order valence-electron chi connectivity index (χ3n) is 5.70. The van der Waals surface area contributed by atoms with Gasteiger partial charge in [0.2, 0.25) is 0 Å². The fraction of sp³-hybridized carbons (Fsp3) is 0.0870. The standard InChI is InChI=1S/C23H15N3O4/c1-2-30-23(29)26-21(27)17-15-11-7-3-5-9-13(11)24-19(15)20-16(18(17)22(26)28)12-8-4-6-10-14(12)25-20/h3-10,24-25H,2H2,1H3. The molecule has 0 spiro atoms. The fourth-order valence-corrected chi connectivity index (χ4v) is 4.53. The van der Waals surface area contributed by atoms with Gasteiger partial charge in [0.25, 0.3) is 11.8 Å². The van der Waals surface area contributed by atoms with E-state index in [0.29, 0.717) is 15.7 Å². The van der Waals surface area contributed by atoms with Gasteiger partial charge in [-0.05, 0) is 19.1 Å². The van der Waals surface area contributed by atoms with Crippen LogP contribution >= 0.6 is 0 Å². The van der Waals surface area contributed by atoms with Crippen LogP contribution in [0.3, 0.4) is 0 Å². The zero-order chi connectivity index (χ0) is 20.6. The van der Waals surface area contributed by atoms with Gasteiger partial charge in [-0.1, -0.05) is 36.4 Å². The van der Waals surface area contributed by atoms with E-state index in [2.05, 4.69) is 9.97 Å². The average molecular weight is 397 g/mol. The predicted molar refractivity (Wildman–Crippen MR) is 113 cm³/mol. The number of H-pyrrole nitrogens is 2. The SMILES string of the molecule is CCOC(=O)N1C(=O)c2c(c3c4ccccc4[nH]c3c3[nH]c4ccccc4c23)C1=O. The zero-order valence-corrected chi connectivity index (χ0v) is 15.9. The largest absolute Gasteiger partial charge is 0.449 e. The molecule has 0 bridgehead atoms. The second kappa shape index (κ2) is 5.70. The highest BCUT2D eigenvalue weighted by Crippen LogP contribution is 2.43. The Morgan fingerprint density at radius 3 is 1.77 bits per heavy atom. The molecular formula is C23H15N3O4. The van der Waals surface area contributed by atoms with Crippen LogP contribution in [0, 0.1) is 0 Å². The van der Waals surface area contributed by atoms with Crippen LogP contribution in [-0.4, -0.2) is 39.4 Å². The first kappa shape index (κ1) is 16.8. The fourth-order valence-electron chi connectivity index (χ4n) is 4.53. The molecule has 7 heteroatoms. The molecule has 2 aromatic heterocycles. The second-order valence-corrected chi connectivity index (χ2v) is 7.24. The Morgan fingerprint density at radius 2 is 1.30 bits per heavy atom. The molecule has 0 unspecified atom stereocenters. The van der Waals surface area contributed by atoms with Gasteiger partial charge in [0, 0.05) is 32.6 Å². The number of hydrogen-bond acceptors (Lipinski definition) is 4. The normalized spacial score (nSPS) is 13.8. The van der Waals surface area contributed by atoms with E-state index in [1.54, 1.807) is 6.92 Å². The Morgan fingerprint density at radius 1 is 0.833 bits per heavy atom. The highest BCUT2D eigenvalue weighted by atomic mass is 16.6. The minimum atomic E-state index is -0.954. The van der Waals surface area contributed by atoms with Crippen molar-refractivity contribution in [2.24, 2.45) is 0 Å². The molecule has 5 aromatic rings. The van der Waals surface area contributed by atoms with E-state index in [0.717, 1.165) is 32.8 Å².